The van der Waals surface area contributed by atoms with Crippen molar-refractivity contribution < 1.29 is 41.8 Å². The van der Waals surface area contributed by atoms with Gasteiger partial charge in [-0.2, -0.15) is 15.0 Å². The van der Waals surface area contributed by atoms with Gasteiger partial charge in [-0.05, 0) is 128 Å². The largest absolute Gasteiger partial charge is 0.489 e. The highest BCUT2D eigenvalue weighted by Crippen LogP contribution is 2.51. The first kappa shape index (κ1) is 87.4. The Labute approximate surface area is 749 Å². The molecular weight excluding hydrogens is 1750 g/mol. The summed E-state index contributed by atoms with van der Waals surface area (Å²) in [6.45, 7) is 32.1. The number of hydrogen-bond acceptors (Lipinski definition) is 21. The third-order valence-corrected chi connectivity index (χ3v) is 25.0. The Kier molecular flexibility index (Phi) is 24.3. The fraction of sp³-hybridized carbons (Fsp3) is 0.300. The number of carbonyl (C=O) groups is 3. The van der Waals surface area contributed by atoms with Crippen molar-refractivity contribution in [1.29, 1.82) is 0 Å². The van der Waals surface area contributed by atoms with Crippen LogP contribution in [0, 0.1) is 38.2 Å². The van der Waals surface area contributed by atoms with E-state index in [2.05, 4.69) is 49.6 Å². The summed E-state index contributed by atoms with van der Waals surface area (Å²) in [6, 6.07) is 18.1. The fourth-order valence-electron chi connectivity index (χ4n) is 17.0. The van der Waals surface area contributed by atoms with Crippen molar-refractivity contribution in [2.24, 2.45) is 0 Å². The summed E-state index contributed by atoms with van der Waals surface area (Å²) in [6.07, 6.45) is 8.89. The third-order valence-electron chi connectivity index (χ3n) is 23.1. The number of aryl methyl sites for hydroxylation is 3. The van der Waals surface area contributed by atoms with Gasteiger partial charge in [0.05, 0.1) is 84.4 Å². The molecule has 36 heteroatoms. The van der Waals surface area contributed by atoms with E-state index in [1.165, 1.54) is 68.3 Å². The van der Waals surface area contributed by atoms with E-state index in [-0.39, 0.29) is 172 Å². The number of fused-ring (bicyclic) bond motifs is 6. The molecule has 3 amide bonds. The van der Waals surface area contributed by atoms with E-state index in [1.807, 2.05) is 95.2 Å². The monoisotopic (exact) mass is 1820 g/mol. The lowest BCUT2D eigenvalue weighted by Crippen LogP contribution is -2.56. The quantitative estimate of drug-likeness (QED) is 0.103. The van der Waals surface area contributed by atoms with Gasteiger partial charge in [-0.1, -0.05) is 149 Å². The normalized spacial score (nSPS) is 16.3. The number of anilines is 3. The van der Waals surface area contributed by atoms with Crippen molar-refractivity contribution in [2.45, 2.75) is 98.2 Å². The summed E-state index contributed by atoms with van der Waals surface area (Å²) in [5.41, 5.74) is 5.21. The Bertz CT molecular complexity index is 6160. The van der Waals surface area contributed by atoms with Crippen LogP contribution in [0.1, 0.15) is 93.1 Å². The Morgan fingerprint density at radius 2 is 0.667 bits per heavy atom. The van der Waals surface area contributed by atoms with Crippen molar-refractivity contribution in [3.63, 3.8) is 0 Å². The van der Waals surface area contributed by atoms with E-state index >= 15 is 13.2 Å². The number of hydrogen-bond donors (Lipinski definition) is 0. The van der Waals surface area contributed by atoms with Crippen LogP contribution in [-0.2, 0) is 14.4 Å². The number of ether oxygens (including phenoxy) is 3. The van der Waals surface area contributed by atoms with Crippen LogP contribution in [-0.4, -0.2) is 188 Å². The molecule has 9 aromatic heterocycles. The zero-order valence-electron chi connectivity index (χ0n) is 69.6. The highest BCUT2D eigenvalue weighted by Gasteiger charge is 2.43. The van der Waals surface area contributed by atoms with Crippen LogP contribution in [0.25, 0.3) is 83.9 Å². The predicted molar refractivity (Wildman–Crippen MR) is 482 cm³/mol. The molecule has 3 aromatic carbocycles. The van der Waals surface area contributed by atoms with E-state index in [4.69, 9.17) is 98.8 Å². The summed E-state index contributed by atoms with van der Waals surface area (Å²) < 4.78 is 69.4. The van der Waals surface area contributed by atoms with Crippen LogP contribution >= 0.6 is 69.6 Å². The second-order valence-electron chi connectivity index (χ2n) is 31.9. The third kappa shape index (κ3) is 15.3. The summed E-state index contributed by atoms with van der Waals surface area (Å²) in [5, 5.41) is 1.12. The van der Waals surface area contributed by atoms with Gasteiger partial charge in [0.25, 0.3) is 0 Å². The van der Waals surface area contributed by atoms with Gasteiger partial charge in [-0.25, -0.2) is 56.2 Å². The van der Waals surface area contributed by atoms with Gasteiger partial charge in [0.2, 0.25) is 17.7 Å². The van der Waals surface area contributed by atoms with Crippen molar-refractivity contribution >= 4 is 138 Å². The van der Waals surface area contributed by atoms with Gasteiger partial charge in [-0.3, -0.25) is 29.3 Å². The smallest absolute Gasteiger partial charge is 0.355 e. The second kappa shape index (κ2) is 35.0. The van der Waals surface area contributed by atoms with Crippen LogP contribution in [0.4, 0.5) is 30.6 Å². The number of halogens is 9. The van der Waals surface area contributed by atoms with Crippen LogP contribution in [0.2, 0.25) is 30.1 Å². The van der Waals surface area contributed by atoms with Crippen LogP contribution in [0.15, 0.2) is 144 Å². The topological polar surface area (TPSA) is 280 Å². The molecule has 0 saturated carbocycles. The first-order valence-corrected chi connectivity index (χ1v) is 42.7. The molecule has 0 radical (unpaired) electrons. The number of piperazine rings is 3. The second-order valence-corrected chi connectivity index (χ2v) is 34.2. The van der Waals surface area contributed by atoms with E-state index in [9.17, 15) is 28.8 Å². The number of benzene rings is 3. The minimum absolute atomic E-state index is 0.0371. The average molecular weight is 1830 g/mol. The number of carbonyl (C=O) groups excluding carboxylic acids is 3. The standard InChI is InChI=1S/3C30H27Cl2FN6O3/c3*1-5-20(40)37-11-12-38-17(13-37)14-42-27-21-28(38)36-30(41)39(26-16(4)9-10-34-24(26)15(2)3)29(21)35-25(22(27)32)18-7-6-8-19(31)23(18)33/h3*5-10,15,17H,1,11-14H2,2-4H3/t3*17-/m000/s1. The maximum absolute atomic E-state index is 15.4. The SMILES string of the molecule is C=CC(=O)N1CCN2c3nc(=O)n(-c4c(C)ccnc4C(C)C)c4nc(-c5cccc(Cl)c5F)c(Cl)c(c34)OC[C@@H]2C1.C=CC(=O)N1CCN2c3nc(=O)n(-c4c(C)ccnc4C(C)C)c4nc(-c5cccc(Cl)c5F)c(Cl)c(c34)OC[C@@H]2C1.C=CC(=O)N1CCN2c3nc(=O)n(-c4c(C)ccnc4C(C)C)c4nc(-c5cccc(Cl)c5F)c(Cl)c(c34)OC[C@@H]2C1. The lowest BCUT2D eigenvalue weighted by atomic mass is 10.0. The lowest BCUT2D eigenvalue weighted by Gasteiger charge is -2.40. The molecule has 0 N–H and O–H groups in total. The summed E-state index contributed by atoms with van der Waals surface area (Å²) in [5.74, 6) is -1.12. The lowest BCUT2D eigenvalue weighted by molar-refractivity contribution is -0.127. The molecule has 6 aliphatic heterocycles. The molecule has 3 atom stereocenters. The van der Waals surface area contributed by atoms with Crippen LogP contribution in [0.3, 0.4) is 0 Å². The summed E-state index contributed by atoms with van der Waals surface area (Å²) in [4.78, 5) is 132. The van der Waals surface area contributed by atoms with Crippen molar-refractivity contribution in [3.8, 4) is 68.1 Å². The zero-order chi connectivity index (χ0) is 89.6. The molecule has 0 bridgehead atoms. The molecule has 15 heterocycles. The maximum Gasteiger partial charge on any atom is 0.355 e. The molecule has 18 rings (SSSR count). The molecule has 12 aromatic rings. The molecule has 648 valence electrons. The highest BCUT2D eigenvalue weighted by molar-refractivity contribution is 6.38. The van der Waals surface area contributed by atoms with E-state index in [1.54, 1.807) is 51.5 Å². The van der Waals surface area contributed by atoms with Crippen molar-refractivity contribution in [2.75, 3.05) is 93.4 Å². The van der Waals surface area contributed by atoms with E-state index in [0.29, 0.717) is 127 Å². The minimum Gasteiger partial charge on any atom is -0.489 e. The highest BCUT2D eigenvalue weighted by atomic mass is 35.5. The Morgan fingerprint density at radius 1 is 0.405 bits per heavy atom. The van der Waals surface area contributed by atoms with Gasteiger partial charge in [0, 0.05) is 94.2 Å². The predicted octanol–water partition coefficient (Wildman–Crippen LogP) is 15.9. The first-order chi connectivity index (χ1) is 60.3. The number of nitrogens with zero attached hydrogens (tertiary/aromatic N) is 18. The first-order valence-electron chi connectivity index (χ1n) is 40.5. The fourth-order valence-corrected chi connectivity index (χ4v) is 18.4. The van der Waals surface area contributed by atoms with Crippen LogP contribution in [0.5, 0.6) is 17.2 Å². The number of rotatable bonds is 12. The van der Waals surface area contributed by atoms with Gasteiger partial charge in [0.1, 0.15) is 68.5 Å². The summed E-state index contributed by atoms with van der Waals surface area (Å²) in [7, 11) is 0. The Balaban J connectivity index is 0.000000139. The molecule has 3 saturated heterocycles. The minimum atomic E-state index is -0.701. The Hall–Kier alpha value is -12.1. The Morgan fingerprint density at radius 3 is 0.913 bits per heavy atom. The van der Waals surface area contributed by atoms with Crippen molar-refractivity contribution in [1.82, 2.24) is 73.3 Å². The van der Waals surface area contributed by atoms with Gasteiger partial charge < -0.3 is 43.6 Å². The molecule has 0 aliphatic carbocycles. The molecule has 0 unspecified atom stereocenters. The molecule has 27 nitrogen and oxygen atoms in total. The van der Waals surface area contributed by atoms with E-state index in [0.717, 1.165) is 16.7 Å². The van der Waals surface area contributed by atoms with Gasteiger partial charge in [-0.15, -0.1) is 0 Å². The molecule has 0 spiro atoms. The average Bonchev–Trinajstić information content (AvgIpc) is 1.29. The van der Waals surface area contributed by atoms with Gasteiger partial charge in [0.15, 0.2) is 51.6 Å². The van der Waals surface area contributed by atoms with Gasteiger partial charge >= 0.3 is 17.1 Å². The molecule has 126 heavy (non-hydrogen) atoms. The number of aromatic nitrogens is 12. The van der Waals surface area contributed by atoms with Crippen LogP contribution < -0.4 is 46.0 Å². The summed E-state index contributed by atoms with van der Waals surface area (Å²) >= 11 is 39.3. The number of amides is 3. The van der Waals surface area contributed by atoms with Crippen molar-refractivity contribution in [3.05, 3.63) is 242 Å². The zero-order valence-corrected chi connectivity index (χ0v) is 74.1. The molecular formula is C90H81Cl6F3N18O9. The molecule has 3 fully saturated rings. The molecule has 6 aliphatic rings. The van der Waals surface area contributed by atoms with E-state index < -0.39 is 34.5 Å². The maximum atomic E-state index is 15.4. The number of pyridine rings is 6.